The van der Waals surface area contributed by atoms with Gasteiger partial charge in [-0.25, -0.2) is 22.6 Å². The summed E-state index contributed by atoms with van der Waals surface area (Å²) in [5, 5.41) is 5.59. The summed E-state index contributed by atoms with van der Waals surface area (Å²) < 4.78 is 30.5. The highest BCUT2D eigenvalue weighted by Crippen LogP contribution is 2.27. The van der Waals surface area contributed by atoms with Crippen LogP contribution in [0.5, 0.6) is 0 Å². The molecule has 1 N–H and O–H groups in total. The minimum absolute atomic E-state index is 0.110. The van der Waals surface area contributed by atoms with E-state index in [1.165, 1.54) is 11.3 Å². The standard InChI is InChI=1S/C21H22N4O2S2/c1-3-15-10-8-9-13-18(15)29(26,27)22-14-17-20(16-11-6-5-7-12-16)23-21-25(17)24-19(4-2)28-21/h5-13,22H,3-4,14H2,1-2H3. The fraction of sp³-hybridized carbons (Fsp3) is 0.238. The third kappa shape index (κ3) is 3.83. The monoisotopic (exact) mass is 426 g/mol. The van der Waals surface area contributed by atoms with Crippen molar-refractivity contribution in [3.63, 3.8) is 0 Å². The smallest absolute Gasteiger partial charge is 0.217 e. The molecule has 0 unspecified atom stereocenters. The maximum absolute atomic E-state index is 13.0. The maximum Gasteiger partial charge on any atom is 0.241 e. The highest BCUT2D eigenvalue weighted by Gasteiger charge is 2.22. The molecular formula is C21H22N4O2S2. The molecule has 0 aliphatic carbocycles. The minimum Gasteiger partial charge on any atom is -0.217 e. The molecule has 2 aromatic heterocycles. The summed E-state index contributed by atoms with van der Waals surface area (Å²) in [5.41, 5.74) is 3.22. The summed E-state index contributed by atoms with van der Waals surface area (Å²) in [6, 6.07) is 16.9. The first kappa shape index (κ1) is 19.8. The molecule has 6 nitrogen and oxygen atoms in total. The van der Waals surface area contributed by atoms with Crippen LogP contribution in [0.25, 0.3) is 16.2 Å². The SMILES string of the molecule is CCc1nn2c(CNS(=O)(=O)c3ccccc3CC)c(-c3ccccc3)nc2s1. The van der Waals surface area contributed by atoms with Gasteiger partial charge in [0.1, 0.15) is 5.01 Å². The second-order valence-electron chi connectivity index (χ2n) is 6.60. The van der Waals surface area contributed by atoms with Crippen LogP contribution < -0.4 is 4.72 Å². The molecule has 8 heteroatoms. The predicted octanol–water partition coefficient (Wildman–Crippen LogP) is 4.06. The molecule has 0 aliphatic rings. The van der Waals surface area contributed by atoms with Gasteiger partial charge in [-0.05, 0) is 24.5 Å². The Labute approximate surface area is 174 Å². The summed E-state index contributed by atoms with van der Waals surface area (Å²) >= 11 is 1.53. The highest BCUT2D eigenvalue weighted by atomic mass is 32.2. The minimum atomic E-state index is -3.66. The Morgan fingerprint density at radius 3 is 2.45 bits per heavy atom. The first-order chi connectivity index (χ1) is 14.0. The lowest BCUT2D eigenvalue weighted by Crippen LogP contribution is -2.25. The molecule has 0 atom stereocenters. The third-order valence-corrected chi connectivity index (χ3v) is 7.32. The summed E-state index contributed by atoms with van der Waals surface area (Å²) in [6.45, 7) is 4.10. The molecule has 4 rings (SSSR count). The lowest BCUT2D eigenvalue weighted by atomic mass is 10.1. The molecule has 2 aromatic carbocycles. The topological polar surface area (TPSA) is 76.4 Å². The van der Waals surface area contributed by atoms with Gasteiger partial charge in [-0.3, -0.25) is 0 Å². The molecule has 2 heterocycles. The number of nitrogens with zero attached hydrogens (tertiary/aromatic N) is 3. The van der Waals surface area contributed by atoms with Crippen molar-refractivity contribution in [1.82, 2.24) is 19.3 Å². The Morgan fingerprint density at radius 1 is 1.00 bits per heavy atom. The van der Waals surface area contributed by atoms with Gasteiger partial charge in [-0.1, -0.05) is 73.7 Å². The number of sulfonamides is 1. The first-order valence-corrected chi connectivity index (χ1v) is 11.8. The fourth-order valence-electron chi connectivity index (χ4n) is 3.26. The number of hydrogen-bond donors (Lipinski definition) is 1. The quantitative estimate of drug-likeness (QED) is 0.483. The molecule has 0 fully saturated rings. The van der Waals surface area contributed by atoms with Gasteiger partial charge >= 0.3 is 0 Å². The van der Waals surface area contributed by atoms with Gasteiger partial charge in [-0.15, -0.1) is 0 Å². The maximum atomic E-state index is 13.0. The molecule has 0 aliphatic heterocycles. The van der Waals surface area contributed by atoms with E-state index >= 15 is 0 Å². The van der Waals surface area contributed by atoms with E-state index in [0.717, 1.165) is 38.9 Å². The van der Waals surface area contributed by atoms with Gasteiger partial charge in [0, 0.05) is 5.56 Å². The van der Waals surface area contributed by atoms with Crippen molar-refractivity contribution in [2.45, 2.75) is 38.1 Å². The van der Waals surface area contributed by atoms with E-state index in [1.54, 1.807) is 16.6 Å². The summed E-state index contributed by atoms with van der Waals surface area (Å²) in [6.07, 6.45) is 1.46. The molecule has 0 amide bonds. The van der Waals surface area contributed by atoms with Gasteiger partial charge < -0.3 is 0 Å². The zero-order chi connectivity index (χ0) is 20.4. The molecule has 0 saturated heterocycles. The van der Waals surface area contributed by atoms with Crippen molar-refractivity contribution in [3.05, 3.63) is 70.9 Å². The van der Waals surface area contributed by atoms with E-state index in [1.807, 2.05) is 56.3 Å². The van der Waals surface area contributed by atoms with Gasteiger partial charge in [0.15, 0.2) is 0 Å². The normalized spacial score (nSPS) is 11.9. The van der Waals surface area contributed by atoms with Crippen LogP contribution in [0.1, 0.15) is 30.1 Å². The van der Waals surface area contributed by atoms with E-state index < -0.39 is 10.0 Å². The van der Waals surface area contributed by atoms with Gasteiger partial charge in [0.05, 0.1) is 22.8 Å². The van der Waals surface area contributed by atoms with Crippen molar-refractivity contribution in [2.24, 2.45) is 0 Å². The number of imidazole rings is 1. The van der Waals surface area contributed by atoms with E-state index in [-0.39, 0.29) is 6.54 Å². The summed E-state index contributed by atoms with van der Waals surface area (Å²) in [7, 11) is -3.66. The Hall–Kier alpha value is -2.55. The zero-order valence-corrected chi connectivity index (χ0v) is 17.9. The van der Waals surface area contributed by atoms with E-state index in [4.69, 9.17) is 4.98 Å². The average molecular weight is 427 g/mol. The van der Waals surface area contributed by atoms with Gasteiger partial charge in [0.25, 0.3) is 0 Å². The van der Waals surface area contributed by atoms with Gasteiger partial charge in [0.2, 0.25) is 15.0 Å². The molecule has 0 saturated carbocycles. The number of aromatic nitrogens is 3. The van der Waals surface area contributed by atoms with Crippen LogP contribution in [0.4, 0.5) is 0 Å². The lowest BCUT2D eigenvalue weighted by molar-refractivity contribution is 0.578. The van der Waals surface area contributed by atoms with Crippen molar-refractivity contribution in [2.75, 3.05) is 0 Å². The number of nitrogens with one attached hydrogen (secondary N) is 1. The molecule has 0 spiro atoms. The van der Waals surface area contributed by atoms with Crippen LogP contribution in [0.3, 0.4) is 0 Å². The third-order valence-electron chi connectivity index (χ3n) is 4.76. The van der Waals surface area contributed by atoms with Crippen molar-refractivity contribution >= 4 is 26.3 Å². The van der Waals surface area contributed by atoms with Crippen LogP contribution in [0.2, 0.25) is 0 Å². The summed E-state index contributed by atoms with van der Waals surface area (Å²) in [5.74, 6) is 0. The largest absolute Gasteiger partial charge is 0.241 e. The average Bonchev–Trinajstić information content (AvgIpc) is 3.30. The van der Waals surface area contributed by atoms with Crippen molar-refractivity contribution < 1.29 is 8.42 Å². The zero-order valence-electron chi connectivity index (χ0n) is 16.3. The molecular weight excluding hydrogens is 404 g/mol. The predicted molar refractivity (Wildman–Crippen MR) is 116 cm³/mol. The first-order valence-electron chi connectivity index (χ1n) is 9.53. The van der Waals surface area contributed by atoms with E-state index in [2.05, 4.69) is 9.82 Å². The fourth-order valence-corrected chi connectivity index (χ4v) is 5.41. The molecule has 29 heavy (non-hydrogen) atoms. The van der Waals surface area contributed by atoms with Crippen LogP contribution >= 0.6 is 11.3 Å². The van der Waals surface area contributed by atoms with Crippen LogP contribution in [0, 0.1) is 0 Å². The lowest BCUT2D eigenvalue weighted by Gasteiger charge is -2.11. The second kappa shape index (κ2) is 8.06. The Morgan fingerprint density at radius 2 is 1.72 bits per heavy atom. The molecule has 0 bridgehead atoms. The molecule has 150 valence electrons. The summed E-state index contributed by atoms with van der Waals surface area (Å²) in [4.78, 5) is 5.83. The van der Waals surface area contributed by atoms with Gasteiger partial charge in [-0.2, -0.15) is 5.10 Å². The number of rotatable bonds is 7. The van der Waals surface area contributed by atoms with E-state index in [0.29, 0.717) is 11.3 Å². The number of hydrogen-bond acceptors (Lipinski definition) is 5. The Balaban J connectivity index is 1.74. The Bertz CT molecular complexity index is 1240. The molecule has 4 aromatic rings. The number of fused-ring (bicyclic) bond motifs is 1. The van der Waals surface area contributed by atoms with Crippen molar-refractivity contribution in [3.8, 4) is 11.3 Å². The van der Waals surface area contributed by atoms with Crippen LogP contribution in [-0.2, 0) is 29.4 Å². The van der Waals surface area contributed by atoms with Crippen molar-refractivity contribution in [1.29, 1.82) is 0 Å². The van der Waals surface area contributed by atoms with E-state index in [9.17, 15) is 8.42 Å². The number of benzene rings is 2. The molecule has 0 radical (unpaired) electrons. The highest BCUT2D eigenvalue weighted by molar-refractivity contribution is 7.89. The Kier molecular flexibility index (Phi) is 5.49. The van der Waals surface area contributed by atoms with Crippen LogP contribution in [-0.4, -0.2) is 23.0 Å². The van der Waals surface area contributed by atoms with Crippen LogP contribution in [0.15, 0.2) is 59.5 Å². The number of aryl methyl sites for hydroxylation is 2. The second-order valence-corrected chi connectivity index (χ2v) is 9.38.